The van der Waals surface area contributed by atoms with Crippen molar-refractivity contribution in [1.82, 2.24) is 4.57 Å². The van der Waals surface area contributed by atoms with Gasteiger partial charge >= 0.3 is 0 Å². The van der Waals surface area contributed by atoms with Crippen molar-refractivity contribution in [3.63, 3.8) is 0 Å². The number of rotatable bonds is 5. The van der Waals surface area contributed by atoms with Gasteiger partial charge < -0.3 is 14.0 Å². The van der Waals surface area contributed by atoms with E-state index < -0.39 is 10.0 Å². The Kier molecular flexibility index (Phi) is 4.75. The fraction of sp³-hybridized carbons (Fsp3) is 0.125. The average molecular weight is 433 g/mol. The highest BCUT2D eigenvalue weighted by molar-refractivity contribution is 7.90. The first-order valence-corrected chi connectivity index (χ1v) is 11.3. The SMILES string of the molecule is Cc1ccc(S(=O)(=O)/N=C/c2cc3cc4c(cc3n2Cc2ccccc2)OCO4)cc1. The predicted molar refractivity (Wildman–Crippen MR) is 120 cm³/mol. The second-order valence-electron chi connectivity index (χ2n) is 7.43. The molecule has 31 heavy (non-hydrogen) atoms. The molecule has 6 nitrogen and oxygen atoms in total. The summed E-state index contributed by atoms with van der Waals surface area (Å²) < 4.78 is 42.5. The molecule has 1 aromatic heterocycles. The van der Waals surface area contributed by atoms with Crippen molar-refractivity contribution in [2.45, 2.75) is 18.4 Å². The van der Waals surface area contributed by atoms with E-state index in [0.717, 1.165) is 22.0 Å². The van der Waals surface area contributed by atoms with Gasteiger partial charge in [0.1, 0.15) is 0 Å². The van der Waals surface area contributed by atoms with E-state index in [1.54, 1.807) is 24.3 Å². The van der Waals surface area contributed by atoms with Crippen LogP contribution in [0.2, 0.25) is 0 Å². The van der Waals surface area contributed by atoms with Crippen LogP contribution in [-0.2, 0) is 16.6 Å². The van der Waals surface area contributed by atoms with Crippen LogP contribution in [0, 0.1) is 6.92 Å². The molecule has 2 heterocycles. The molecule has 0 N–H and O–H groups in total. The van der Waals surface area contributed by atoms with Gasteiger partial charge in [-0.1, -0.05) is 48.0 Å². The smallest absolute Gasteiger partial charge is 0.282 e. The van der Waals surface area contributed by atoms with E-state index in [0.29, 0.717) is 23.7 Å². The summed E-state index contributed by atoms with van der Waals surface area (Å²) in [7, 11) is -3.81. The summed E-state index contributed by atoms with van der Waals surface area (Å²) in [5.74, 6) is 1.36. The van der Waals surface area contributed by atoms with Crippen molar-refractivity contribution < 1.29 is 17.9 Å². The molecule has 0 saturated carbocycles. The summed E-state index contributed by atoms with van der Waals surface area (Å²) in [5.41, 5.74) is 3.68. The summed E-state index contributed by atoms with van der Waals surface area (Å²) in [4.78, 5) is 0.167. The number of ether oxygens (including phenoxy) is 2. The van der Waals surface area contributed by atoms with Crippen LogP contribution in [0.4, 0.5) is 0 Å². The van der Waals surface area contributed by atoms with Gasteiger partial charge in [-0.15, -0.1) is 0 Å². The van der Waals surface area contributed by atoms with Crippen molar-refractivity contribution in [2.24, 2.45) is 4.40 Å². The fourth-order valence-electron chi connectivity index (χ4n) is 3.62. The maximum atomic E-state index is 12.7. The molecule has 0 unspecified atom stereocenters. The zero-order chi connectivity index (χ0) is 21.4. The molecule has 4 aromatic rings. The third kappa shape index (κ3) is 3.80. The van der Waals surface area contributed by atoms with Crippen molar-refractivity contribution >= 4 is 27.1 Å². The number of aryl methyl sites for hydroxylation is 1. The highest BCUT2D eigenvalue weighted by Gasteiger charge is 2.18. The number of sulfonamides is 1. The lowest BCUT2D eigenvalue weighted by Gasteiger charge is -2.09. The van der Waals surface area contributed by atoms with Crippen LogP contribution in [0.5, 0.6) is 11.5 Å². The zero-order valence-electron chi connectivity index (χ0n) is 16.9. The van der Waals surface area contributed by atoms with Crippen LogP contribution in [-0.4, -0.2) is 26.0 Å². The van der Waals surface area contributed by atoms with E-state index >= 15 is 0 Å². The maximum absolute atomic E-state index is 12.7. The summed E-state index contributed by atoms with van der Waals surface area (Å²) in [6.45, 7) is 2.67. The summed E-state index contributed by atoms with van der Waals surface area (Å²) in [5, 5.41) is 0.925. The van der Waals surface area contributed by atoms with E-state index in [1.165, 1.54) is 6.21 Å². The Balaban J connectivity index is 1.59. The minimum atomic E-state index is -3.81. The Morgan fingerprint density at radius 2 is 1.68 bits per heavy atom. The molecule has 0 radical (unpaired) electrons. The first-order valence-electron chi connectivity index (χ1n) is 9.83. The van der Waals surface area contributed by atoms with Crippen molar-refractivity contribution in [2.75, 3.05) is 6.79 Å². The monoisotopic (exact) mass is 432 g/mol. The lowest BCUT2D eigenvalue weighted by atomic mass is 10.2. The standard InChI is InChI=1S/C24H20N2O4S/c1-17-7-9-21(10-8-17)31(27,28)25-14-20-11-19-12-23-24(30-16-29-23)13-22(19)26(20)15-18-5-3-2-4-6-18/h2-14H,15-16H2,1H3/b25-14+. The summed E-state index contributed by atoms with van der Waals surface area (Å²) in [6.07, 6.45) is 1.41. The maximum Gasteiger partial charge on any atom is 0.282 e. The minimum Gasteiger partial charge on any atom is -0.454 e. The molecule has 0 bridgehead atoms. The highest BCUT2D eigenvalue weighted by atomic mass is 32.2. The molecule has 3 aromatic carbocycles. The molecule has 156 valence electrons. The predicted octanol–water partition coefficient (Wildman–Crippen LogP) is 4.53. The summed E-state index contributed by atoms with van der Waals surface area (Å²) in [6, 6.07) is 22.4. The number of benzene rings is 3. The van der Waals surface area contributed by atoms with E-state index in [1.807, 2.05) is 60.0 Å². The molecule has 0 atom stereocenters. The van der Waals surface area contributed by atoms with E-state index in [2.05, 4.69) is 4.40 Å². The fourth-order valence-corrected chi connectivity index (χ4v) is 4.47. The lowest BCUT2D eigenvalue weighted by Crippen LogP contribution is -2.05. The normalized spacial score (nSPS) is 13.3. The minimum absolute atomic E-state index is 0.167. The van der Waals surface area contributed by atoms with Crippen LogP contribution in [0.25, 0.3) is 10.9 Å². The third-order valence-electron chi connectivity index (χ3n) is 5.25. The van der Waals surface area contributed by atoms with Gasteiger partial charge in [0.2, 0.25) is 6.79 Å². The van der Waals surface area contributed by atoms with Crippen LogP contribution >= 0.6 is 0 Å². The van der Waals surface area contributed by atoms with Crippen LogP contribution < -0.4 is 9.47 Å². The molecule has 1 aliphatic heterocycles. The van der Waals surface area contributed by atoms with Gasteiger partial charge in [-0.25, -0.2) is 0 Å². The molecule has 1 aliphatic rings. The first-order chi connectivity index (χ1) is 15.0. The van der Waals surface area contributed by atoms with Crippen molar-refractivity contribution in [1.29, 1.82) is 0 Å². The van der Waals surface area contributed by atoms with Crippen LogP contribution in [0.1, 0.15) is 16.8 Å². The number of hydrogen-bond donors (Lipinski definition) is 0. The molecule has 0 aliphatic carbocycles. The highest BCUT2D eigenvalue weighted by Crippen LogP contribution is 2.37. The van der Waals surface area contributed by atoms with Gasteiger partial charge in [-0.2, -0.15) is 12.8 Å². The van der Waals surface area contributed by atoms with Gasteiger partial charge in [0.05, 0.1) is 22.3 Å². The Morgan fingerprint density at radius 3 is 2.42 bits per heavy atom. The number of fused-ring (bicyclic) bond motifs is 2. The Hall–Kier alpha value is -3.58. The Bertz CT molecular complexity index is 1390. The quantitative estimate of drug-likeness (QED) is 0.434. The van der Waals surface area contributed by atoms with E-state index in [9.17, 15) is 8.42 Å². The Morgan fingerprint density at radius 1 is 0.968 bits per heavy atom. The largest absolute Gasteiger partial charge is 0.454 e. The van der Waals surface area contributed by atoms with Crippen LogP contribution in [0.3, 0.4) is 0 Å². The molecule has 0 fully saturated rings. The zero-order valence-corrected chi connectivity index (χ0v) is 17.7. The van der Waals surface area contributed by atoms with Gasteiger partial charge in [0.25, 0.3) is 10.0 Å². The Labute approximate surface area is 180 Å². The van der Waals surface area contributed by atoms with Gasteiger partial charge in [0, 0.05) is 18.0 Å². The first kappa shape index (κ1) is 19.4. The molecule has 5 rings (SSSR count). The van der Waals surface area contributed by atoms with Crippen molar-refractivity contribution in [3.8, 4) is 11.5 Å². The topological polar surface area (TPSA) is 69.9 Å². The third-order valence-corrected chi connectivity index (χ3v) is 6.50. The lowest BCUT2D eigenvalue weighted by molar-refractivity contribution is 0.174. The number of nitrogens with zero attached hydrogens (tertiary/aromatic N) is 2. The summed E-state index contributed by atoms with van der Waals surface area (Å²) >= 11 is 0. The second-order valence-corrected chi connectivity index (χ2v) is 9.06. The molecule has 0 saturated heterocycles. The number of aromatic nitrogens is 1. The van der Waals surface area contributed by atoms with Gasteiger partial charge in [0.15, 0.2) is 11.5 Å². The molecule has 0 spiro atoms. The van der Waals surface area contributed by atoms with Gasteiger partial charge in [-0.3, -0.25) is 0 Å². The second kappa shape index (κ2) is 7.59. The average Bonchev–Trinajstić information content (AvgIpc) is 3.36. The molecule has 7 heteroatoms. The molecular formula is C24H20N2O4S. The van der Waals surface area contributed by atoms with E-state index in [-0.39, 0.29) is 11.7 Å². The van der Waals surface area contributed by atoms with Crippen molar-refractivity contribution in [3.05, 3.63) is 89.6 Å². The molecule has 0 amide bonds. The number of hydrogen-bond acceptors (Lipinski definition) is 4. The van der Waals surface area contributed by atoms with Gasteiger partial charge in [-0.05, 0) is 36.8 Å². The molecular weight excluding hydrogens is 412 g/mol. The van der Waals surface area contributed by atoms with Crippen LogP contribution in [0.15, 0.2) is 82.1 Å². The van der Waals surface area contributed by atoms with E-state index in [4.69, 9.17) is 9.47 Å².